The van der Waals surface area contributed by atoms with Gasteiger partial charge in [0.2, 0.25) is 0 Å². The van der Waals surface area contributed by atoms with Gasteiger partial charge in [-0.15, -0.1) is 0 Å². The van der Waals surface area contributed by atoms with Gasteiger partial charge in [0.25, 0.3) is 0 Å². The highest BCUT2D eigenvalue weighted by Gasteiger charge is 2.18. The van der Waals surface area contributed by atoms with Gasteiger partial charge in [-0.05, 0) is 12.1 Å². The van der Waals surface area contributed by atoms with E-state index in [0.717, 1.165) is 6.26 Å². The van der Waals surface area contributed by atoms with Crippen LogP contribution in [-0.2, 0) is 21.6 Å². The van der Waals surface area contributed by atoms with Gasteiger partial charge in [-0.2, -0.15) is 0 Å². The summed E-state index contributed by atoms with van der Waals surface area (Å²) in [4.78, 5) is 11.1. The fourth-order valence-electron chi connectivity index (χ4n) is 1.17. The Bertz CT molecular complexity index is 458. The Morgan fingerprint density at radius 3 is 2.36 bits per heavy atom. The van der Waals surface area contributed by atoms with Crippen molar-refractivity contribution < 1.29 is 17.9 Å². The van der Waals surface area contributed by atoms with Gasteiger partial charge >= 0.3 is 5.97 Å². The first-order valence-electron chi connectivity index (χ1n) is 3.82. The molecule has 0 aliphatic rings. The maximum atomic E-state index is 11.2. The Labute approximate surface area is 82.2 Å². The Hall–Kier alpha value is -1.30. The van der Waals surface area contributed by atoms with Crippen molar-refractivity contribution in [1.82, 2.24) is 4.57 Å². The van der Waals surface area contributed by atoms with Crippen LogP contribution in [0, 0.1) is 0 Å². The molecule has 1 rings (SSSR count). The topological polar surface area (TPSA) is 65.4 Å². The summed E-state index contributed by atoms with van der Waals surface area (Å²) in [7, 11) is -0.551. The maximum Gasteiger partial charge on any atom is 0.354 e. The van der Waals surface area contributed by atoms with E-state index in [1.165, 1.54) is 30.9 Å². The summed E-state index contributed by atoms with van der Waals surface area (Å²) in [6.45, 7) is 0. The number of aromatic nitrogens is 1. The second-order valence-electron chi connectivity index (χ2n) is 2.88. The number of rotatable bonds is 2. The Morgan fingerprint density at radius 2 is 2.00 bits per heavy atom. The molecule has 78 valence electrons. The highest BCUT2D eigenvalue weighted by molar-refractivity contribution is 7.90. The van der Waals surface area contributed by atoms with Gasteiger partial charge in [0, 0.05) is 13.3 Å². The number of esters is 1. The van der Waals surface area contributed by atoms with E-state index in [4.69, 9.17) is 0 Å². The number of methoxy groups -OCH3 is 1. The van der Waals surface area contributed by atoms with Gasteiger partial charge in [-0.1, -0.05) is 0 Å². The summed E-state index contributed by atoms with van der Waals surface area (Å²) in [6, 6.07) is 2.80. The molecule has 0 N–H and O–H groups in total. The Kier molecular flexibility index (Phi) is 2.66. The molecule has 0 unspecified atom stereocenters. The molecule has 0 amide bonds. The molecule has 0 atom stereocenters. The first-order valence-corrected chi connectivity index (χ1v) is 5.71. The number of nitrogens with zero attached hydrogens (tertiary/aromatic N) is 1. The quantitative estimate of drug-likeness (QED) is 0.664. The van der Waals surface area contributed by atoms with Crippen LogP contribution >= 0.6 is 0 Å². The number of carbonyl (C=O) groups is 1. The molecule has 0 saturated heterocycles. The molecule has 0 aromatic carbocycles. The van der Waals surface area contributed by atoms with Crippen LogP contribution in [0.1, 0.15) is 10.5 Å². The first kappa shape index (κ1) is 10.8. The van der Waals surface area contributed by atoms with Crippen LogP contribution in [0.5, 0.6) is 0 Å². The van der Waals surface area contributed by atoms with E-state index >= 15 is 0 Å². The molecule has 14 heavy (non-hydrogen) atoms. The van der Waals surface area contributed by atoms with Crippen molar-refractivity contribution in [3.63, 3.8) is 0 Å². The van der Waals surface area contributed by atoms with Crippen LogP contribution in [0.3, 0.4) is 0 Å². The van der Waals surface area contributed by atoms with Crippen molar-refractivity contribution in [3.05, 3.63) is 17.8 Å². The van der Waals surface area contributed by atoms with E-state index in [2.05, 4.69) is 4.74 Å². The van der Waals surface area contributed by atoms with Crippen molar-refractivity contribution in [1.29, 1.82) is 0 Å². The molecule has 0 bridgehead atoms. The van der Waals surface area contributed by atoms with Crippen LogP contribution in [-0.4, -0.2) is 32.3 Å². The highest BCUT2D eigenvalue weighted by Crippen LogP contribution is 2.13. The number of carbonyl (C=O) groups excluding carboxylic acids is 1. The van der Waals surface area contributed by atoms with Crippen molar-refractivity contribution in [2.75, 3.05) is 13.4 Å². The van der Waals surface area contributed by atoms with Crippen molar-refractivity contribution in [2.45, 2.75) is 5.03 Å². The maximum absolute atomic E-state index is 11.2. The summed E-state index contributed by atoms with van der Waals surface area (Å²) in [5.41, 5.74) is 0.216. The third kappa shape index (κ3) is 1.79. The molecule has 1 aromatic heterocycles. The average molecular weight is 217 g/mol. The highest BCUT2D eigenvalue weighted by atomic mass is 32.2. The Balaban J connectivity index is 3.29. The molecule has 1 heterocycles. The predicted molar refractivity (Wildman–Crippen MR) is 49.9 cm³/mol. The average Bonchev–Trinajstić information content (AvgIpc) is 2.45. The molecular formula is C8H11NO4S. The van der Waals surface area contributed by atoms with Crippen molar-refractivity contribution in [3.8, 4) is 0 Å². The molecule has 0 fully saturated rings. The molecular weight excluding hydrogens is 206 g/mol. The zero-order valence-electron chi connectivity index (χ0n) is 8.14. The predicted octanol–water partition coefficient (Wildman–Crippen LogP) is 0.215. The van der Waals surface area contributed by atoms with E-state index in [1.54, 1.807) is 0 Å². The summed E-state index contributed by atoms with van der Waals surface area (Å²) in [5, 5.41) is 0.0953. The summed E-state index contributed by atoms with van der Waals surface area (Å²) >= 11 is 0. The second-order valence-corrected chi connectivity index (χ2v) is 4.84. The van der Waals surface area contributed by atoms with E-state index in [0.29, 0.717) is 0 Å². The summed E-state index contributed by atoms with van der Waals surface area (Å²) in [6.07, 6.45) is 1.09. The van der Waals surface area contributed by atoms with Crippen molar-refractivity contribution in [2.24, 2.45) is 7.05 Å². The smallest absolute Gasteiger partial charge is 0.354 e. The zero-order valence-corrected chi connectivity index (χ0v) is 8.96. The second kappa shape index (κ2) is 3.45. The van der Waals surface area contributed by atoms with Crippen molar-refractivity contribution >= 4 is 15.8 Å². The number of hydrogen-bond donors (Lipinski definition) is 0. The minimum atomic E-state index is -3.30. The lowest BCUT2D eigenvalue weighted by Gasteiger charge is -2.03. The zero-order chi connectivity index (χ0) is 10.9. The van der Waals surface area contributed by atoms with E-state index in [1.807, 2.05) is 0 Å². The van der Waals surface area contributed by atoms with E-state index < -0.39 is 15.8 Å². The number of hydrogen-bond acceptors (Lipinski definition) is 4. The van der Waals surface area contributed by atoms with Crippen LogP contribution in [0.25, 0.3) is 0 Å². The normalized spacial score (nSPS) is 11.4. The van der Waals surface area contributed by atoms with E-state index in [-0.39, 0.29) is 10.7 Å². The van der Waals surface area contributed by atoms with Crippen LogP contribution < -0.4 is 0 Å². The van der Waals surface area contributed by atoms with Crippen LogP contribution in [0.2, 0.25) is 0 Å². The largest absolute Gasteiger partial charge is 0.464 e. The molecule has 0 aliphatic carbocycles. The summed E-state index contributed by atoms with van der Waals surface area (Å²) in [5.74, 6) is -0.553. The number of ether oxygens (including phenoxy) is 1. The number of sulfone groups is 1. The van der Waals surface area contributed by atoms with Crippen LogP contribution in [0.4, 0.5) is 0 Å². The SMILES string of the molecule is COC(=O)c1ccc(S(C)(=O)=O)n1C. The molecule has 0 radical (unpaired) electrons. The summed E-state index contributed by atoms with van der Waals surface area (Å²) < 4.78 is 28.2. The van der Waals surface area contributed by atoms with Gasteiger partial charge in [0.05, 0.1) is 7.11 Å². The standard InChI is InChI=1S/C8H11NO4S/c1-9-6(8(10)13-2)4-5-7(9)14(3,11)12/h4-5H,1-3H3. The monoisotopic (exact) mass is 217 g/mol. The lowest BCUT2D eigenvalue weighted by atomic mass is 10.4. The molecule has 6 heteroatoms. The van der Waals surface area contributed by atoms with Gasteiger partial charge < -0.3 is 9.30 Å². The molecule has 5 nitrogen and oxygen atoms in total. The van der Waals surface area contributed by atoms with E-state index in [9.17, 15) is 13.2 Å². The first-order chi connectivity index (χ1) is 6.38. The van der Waals surface area contributed by atoms with Gasteiger partial charge in [-0.25, -0.2) is 13.2 Å². The molecule has 1 aromatic rings. The third-order valence-electron chi connectivity index (χ3n) is 1.85. The minimum Gasteiger partial charge on any atom is -0.464 e. The lowest BCUT2D eigenvalue weighted by molar-refractivity contribution is 0.0589. The van der Waals surface area contributed by atoms with Gasteiger partial charge in [0.15, 0.2) is 9.84 Å². The minimum absolute atomic E-state index is 0.0953. The fourth-order valence-corrected chi connectivity index (χ4v) is 2.09. The van der Waals surface area contributed by atoms with Gasteiger partial charge in [-0.3, -0.25) is 0 Å². The van der Waals surface area contributed by atoms with Crippen LogP contribution in [0.15, 0.2) is 17.2 Å². The van der Waals surface area contributed by atoms with Gasteiger partial charge in [0.1, 0.15) is 10.7 Å². The lowest BCUT2D eigenvalue weighted by Crippen LogP contribution is -2.11. The molecule has 0 aliphatic heterocycles. The fraction of sp³-hybridized carbons (Fsp3) is 0.375. The third-order valence-corrected chi connectivity index (χ3v) is 3.02. The Morgan fingerprint density at radius 1 is 1.43 bits per heavy atom. The molecule has 0 spiro atoms. The molecule has 0 saturated carbocycles.